The Bertz CT molecular complexity index is 1510. The molecule has 39 heavy (non-hydrogen) atoms. The van der Waals surface area contributed by atoms with Crippen molar-refractivity contribution in [3.05, 3.63) is 59.4 Å². The molecule has 14 heteroatoms. The number of aryl methyl sites for hydroxylation is 2. The number of anilines is 1. The van der Waals surface area contributed by atoms with Crippen LogP contribution in [0.1, 0.15) is 27.4 Å². The van der Waals surface area contributed by atoms with Gasteiger partial charge >= 0.3 is 6.18 Å². The van der Waals surface area contributed by atoms with Crippen LogP contribution in [0.5, 0.6) is 0 Å². The van der Waals surface area contributed by atoms with Crippen LogP contribution in [0.3, 0.4) is 0 Å². The number of hydrogen-bond donors (Lipinski definition) is 2. The Labute approximate surface area is 221 Å². The van der Waals surface area contributed by atoms with Crippen LogP contribution in [0.4, 0.5) is 19.0 Å². The molecular formula is C25H26F3N9O2. The van der Waals surface area contributed by atoms with Gasteiger partial charge in [-0.2, -0.15) is 13.2 Å². The molecule has 2 N–H and O–H groups in total. The first-order valence-corrected chi connectivity index (χ1v) is 12.5. The Morgan fingerprint density at radius 1 is 1.10 bits per heavy atom. The lowest BCUT2D eigenvalue weighted by molar-refractivity contribution is -0.137. The van der Waals surface area contributed by atoms with Crippen LogP contribution in [-0.2, 0) is 6.18 Å². The van der Waals surface area contributed by atoms with E-state index in [0.717, 1.165) is 12.3 Å². The average molecular weight is 542 g/mol. The lowest BCUT2D eigenvalue weighted by Gasteiger charge is -2.44. The van der Waals surface area contributed by atoms with Crippen LogP contribution in [0.15, 0.2) is 41.3 Å². The normalized spacial score (nSPS) is 18.8. The van der Waals surface area contributed by atoms with E-state index in [1.54, 1.807) is 26.1 Å². The van der Waals surface area contributed by atoms with Crippen LogP contribution >= 0.6 is 0 Å². The summed E-state index contributed by atoms with van der Waals surface area (Å²) >= 11 is 0. The highest BCUT2D eigenvalue weighted by Crippen LogP contribution is 2.31. The summed E-state index contributed by atoms with van der Waals surface area (Å²) in [5.74, 6) is 1.41. The van der Waals surface area contributed by atoms with Gasteiger partial charge in [0.05, 0.1) is 23.5 Å². The van der Waals surface area contributed by atoms with Gasteiger partial charge in [0.25, 0.3) is 5.91 Å². The molecule has 6 rings (SSSR count). The molecule has 204 valence electrons. The summed E-state index contributed by atoms with van der Waals surface area (Å²) in [6, 6.07) is 3.95. The van der Waals surface area contributed by atoms with Gasteiger partial charge in [-0.05, 0) is 32.0 Å². The molecule has 0 radical (unpaired) electrons. The molecular weight excluding hydrogens is 515 g/mol. The number of hydrogen-bond acceptors (Lipinski definition) is 9. The number of nitrogens with zero attached hydrogens (tertiary/aromatic N) is 7. The smallest absolute Gasteiger partial charge is 0.361 e. The first-order chi connectivity index (χ1) is 18.7. The van der Waals surface area contributed by atoms with Crippen molar-refractivity contribution in [3.63, 3.8) is 0 Å². The van der Waals surface area contributed by atoms with E-state index in [1.807, 2.05) is 4.90 Å². The van der Waals surface area contributed by atoms with Gasteiger partial charge in [0.1, 0.15) is 28.5 Å². The molecule has 2 aliphatic heterocycles. The predicted octanol–water partition coefficient (Wildman–Crippen LogP) is 2.47. The fourth-order valence-corrected chi connectivity index (χ4v) is 5.32. The van der Waals surface area contributed by atoms with Crippen molar-refractivity contribution in [1.29, 1.82) is 0 Å². The number of alkyl halides is 3. The van der Waals surface area contributed by atoms with E-state index < -0.39 is 11.7 Å². The molecule has 0 bridgehead atoms. The lowest BCUT2D eigenvalue weighted by atomic mass is 9.95. The minimum atomic E-state index is -4.49. The van der Waals surface area contributed by atoms with E-state index in [-0.39, 0.29) is 23.7 Å². The number of fused-ring (bicyclic) bond motifs is 1. The lowest BCUT2D eigenvalue weighted by Crippen LogP contribution is -2.59. The van der Waals surface area contributed by atoms with Gasteiger partial charge in [0.2, 0.25) is 0 Å². The number of amides is 1. The Morgan fingerprint density at radius 2 is 1.90 bits per heavy atom. The molecule has 0 spiro atoms. The summed E-state index contributed by atoms with van der Waals surface area (Å²) < 4.78 is 46.6. The standard InChI is InChI=1S/C25H26F3N9O2/c1-14-22(15(2)39-34-14)24(38)36-8-7-35(13-19(36)16-9-31-32-10-16)21-5-6-29-23(33-21)18-11-30-20-4-3-17(12-37(18)20)25(26,27)28/h3-6,11-12,16,19,31-32H,7-10,13H2,1-2H3. The predicted molar refractivity (Wildman–Crippen MR) is 134 cm³/mol. The molecule has 1 unspecified atom stereocenters. The van der Waals surface area contributed by atoms with E-state index in [0.29, 0.717) is 66.9 Å². The molecule has 1 amide bonds. The molecule has 2 saturated heterocycles. The number of carbonyl (C=O) groups excluding carboxylic acids is 1. The molecule has 1 atom stereocenters. The largest absolute Gasteiger partial charge is 0.417 e. The fourth-order valence-electron chi connectivity index (χ4n) is 5.32. The van der Waals surface area contributed by atoms with Gasteiger partial charge in [-0.15, -0.1) is 0 Å². The van der Waals surface area contributed by atoms with Gasteiger partial charge in [-0.1, -0.05) is 5.16 Å². The molecule has 6 heterocycles. The molecule has 0 aliphatic carbocycles. The van der Waals surface area contributed by atoms with Crippen molar-refractivity contribution in [2.24, 2.45) is 5.92 Å². The van der Waals surface area contributed by atoms with E-state index in [4.69, 9.17) is 9.51 Å². The van der Waals surface area contributed by atoms with Gasteiger partial charge in [-0.25, -0.2) is 15.0 Å². The Morgan fingerprint density at radius 3 is 2.62 bits per heavy atom. The molecule has 11 nitrogen and oxygen atoms in total. The summed E-state index contributed by atoms with van der Waals surface area (Å²) in [4.78, 5) is 30.8. The highest BCUT2D eigenvalue weighted by Gasteiger charge is 2.39. The van der Waals surface area contributed by atoms with Crippen LogP contribution in [0, 0.1) is 19.8 Å². The number of piperazine rings is 1. The summed E-state index contributed by atoms with van der Waals surface area (Å²) in [7, 11) is 0. The van der Waals surface area contributed by atoms with E-state index >= 15 is 0 Å². The van der Waals surface area contributed by atoms with Crippen LogP contribution in [-0.4, -0.2) is 74.1 Å². The SMILES string of the molecule is Cc1noc(C)c1C(=O)N1CCN(c2ccnc(-c3cnc4ccc(C(F)(F)F)cn34)n2)CC1C1CNNC1. The molecule has 2 aliphatic rings. The summed E-state index contributed by atoms with van der Waals surface area (Å²) in [6.07, 6.45) is -0.436. The number of imidazole rings is 1. The molecule has 2 fully saturated rings. The average Bonchev–Trinajstić information content (AvgIpc) is 3.68. The zero-order valence-corrected chi connectivity index (χ0v) is 21.2. The molecule has 0 aromatic carbocycles. The zero-order chi connectivity index (χ0) is 27.3. The van der Waals surface area contributed by atoms with Crippen LogP contribution in [0.25, 0.3) is 17.2 Å². The summed E-state index contributed by atoms with van der Waals surface area (Å²) in [6.45, 7) is 6.37. The van der Waals surface area contributed by atoms with Crippen molar-refractivity contribution in [2.75, 3.05) is 37.6 Å². The number of nitrogens with one attached hydrogen (secondary N) is 2. The second-order valence-corrected chi connectivity index (χ2v) is 9.76. The second kappa shape index (κ2) is 9.61. The van der Waals surface area contributed by atoms with E-state index in [9.17, 15) is 18.0 Å². The van der Waals surface area contributed by atoms with E-state index in [1.165, 1.54) is 16.7 Å². The van der Waals surface area contributed by atoms with Crippen LogP contribution < -0.4 is 15.8 Å². The molecule has 4 aromatic heterocycles. The van der Waals surface area contributed by atoms with E-state index in [2.05, 4.69) is 30.9 Å². The Kier molecular flexibility index (Phi) is 6.22. The summed E-state index contributed by atoms with van der Waals surface area (Å²) in [5, 5.41) is 3.95. The third-order valence-electron chi connectivity index (χ3n) is 7.35. The summed E-state index contributed by atoms with van der Waals surface area (Å²) in [5.41, 5.74) is 7.27. The molecule has 0 saturated carbocycles. The third kappa shape index (κ3) is 4.59. The quantitative estimate of drug-likeness (QED) is 0.402. The maximum atomic E-state index is 13.6. The number of carbonyl (C=O) groups is 1. The third-order valence-corrected chi connectivity index (χ3v) is 7.35. The molecule has 4 aromatic rings. The van der Waals surface area contributed by atoms with Gasteiger partial charge in [0, 0.05) is 51.0 Å². The minimum absolute atomic E-state index is 0.114. The number of hydrazine groups is 1. The highest BCUT2D eigenvalue weighted by molar-refractivity contribution is 5.96. The van der Waals surface area contributed by atoms with Crippen molar-refractivity contribution in [1.82, 2.24) is 40.3 Å². The van der Waals surface area contributed by atoms with Crippen LogP contribution in [0.2, 0.25) is 0 Å². The van der Waals surface area contributed by atoms with Gasteiger partial charge in [-0.3, -0.25) is 20.0 Å². The van der Waals surface area contributed by atoms with Crippen molar-refractivity contribution in [3.8, 4) is 11.5 Å². The fraction of sp³-hybridized carbons (Fsp3) is 0.400. The zero-order valence-electron chi connectivity index (χ0n) is 21.2. The Balaban J connectivity index is 1.30. The minimum Gasteiger partial charge on any atom is -0.361 e. The van der Waals surface area contributed by atoms with Crippen molar-refractivity contribution >= 4 is 17.4 Å². The van der Waals surface area contributed by atoms with Crippen molar-refractivity contribution in [2.45, 2.75) is 26.1 Å². The maximum absolute atomic E-state index is 13.6. The van der Waals surface area contributed by atoms with Gasteiger partial charge in [0.15, 0.2) is 5.82 Å². The first-order valence-electron chi connectivity index (χ1n) is 12.5. The van der Waals surface area contributed by atoms with Gasteiger partial charge < -0.3 is 14.3 Å². The monoisotopic (exact) mass is 541 g/mol. The number of rotatable bonds is 4. The number of halogens is 3. The number of pyridine rings is 1. The second-order valence-electron chi connectivity index (χ2n) is 9.76. The highest BCUT2D eigenvalue weighted by atomic mass is 19.4. The number of aromatic nitrogens is 5. The van der Waals surface area contributed by atoms with Crippen molar-refractivity contribution < 1.29 is 22.5 Å². The topological polar surface area (TPSA) is 117 Å². The Hall–Kier alpha value is -4.04. The maximum Gasteiger partial charge on any atom is 0.417 e. The first kappa shape index (κ1) is 25.2.